The molecule has 2 aliphatic carbocycles. The van der Waals surface area contributed by atoms with Gasteiger partial charge in [0.15, 0.2) is 0 Å². The van der Waals surface area contributed by atoms with E-state index in [0.29, 0.717) is 12.0 Å². The number of hydrogen-bond acceptors (Lipinski definition) is 3. The number of carbonyl (C=O) groups is 1. The highest BCUT2D eigenvalue weighted by molar-refractivity contribution is 5.82. The minimum Gasteiger partial charge on any atom is -0.459 e. The molecule has 0 aromatic rings. The number of ether oxygens (including phenoxy) is 2. The van der Waals surface area contributed by atoms with E-state index >= 15 is 0 Å². The molecule has 0 N–H and O–H groups in total. The van der Waals surface area contributed by atoms with Crippen molar-refractivity contribution in [2.75, 3.05) is 7.11 Å². The van der Waals surface area contributed by atoms with E-state index in [-0.39, 0.29) is 12.1 Å². The highest BCUT2D eigenvalue weighted by Crippen LogP contribution is 2.30. The number of esters is 1. The average Bonchev–Trinajstić information content (AvgIpc) is 3.11. The fraction of sp³-hybridized carbons (Fsp3) is 0.769. The predicted octanol–water partition coefficient (Wildman–Crippen LogP) is 2.45. The Labute approximate surface area is 96.8 Å². The van der Waals surface area contributed by atoms with E-state index in [4.69, 9.17) is 9.47 Å². The molecule has 16 heavy (non-hydrogen) atoms. The van der Waals surface area contributed by atoms with Gasteiger partial charge in [0.2, 0.25) is 0 Å². The number of allylic oxidation sites excluding steroid dienone is 1. The van der Waals surface area contributed by atoms with Crippen LogP contribution in [-0.2, 0) is 14.3 Å². The molecular formula is C13H20O3. The summed E-state index contributed by atoms with van der Waals surface area (Å²) in [7, 11) is 1.75. The van der Waals surface area contributed by atoms with Gasteiger partial charge in [-0.1, -0.05) is 6.08 Å². The maximum Gasteiger partial charge on any atom is 0.330 e. The smallest absolute Gasteiger partial charge is 0.330 e. The zero-order chi connectivity index (χ0) is 11.4. The number of methoxy groups -OCH3 is 1. The molecule has 2 saturated carbocycles. The molecule has 2 rings (SSSR count). The first-order chi connectivity index (χ1) is 7.78. The van der Waals surface area contributed by atoms with Crippen molar-refractivity contribution < 1.29 is 14.3 Å². The molecule has 0 spiro atoms. The van der Waals surface area contributed by atoms with Gasteiger partial charge in [-0.25, -0.2) is 4.79 Å². The Morgan fingerprint density at radius 3 is 2.25 bits per heavy atom. The molecule has 0 aliphatic heterocycles. The summed E-state index contributed by atoms with van der Waals surface area (Å²) in [5.74, 6) is 0.463. The van der Waals surface area contributed by atoms with Gasteiger partial charge in [0.1, 0.15) is 6.10 Å². The summed E-state index contributed by atoms with van der Waals surface area (Å²) in [6, 6.07) is 0. The topological polar surface area (TPSA) is 35.5 Å². The van der Waals surface area contributed by atoms with Crippen LogP contribution in [0.4, 0.5) is 0 Å². The van der Waals surface area contributed by atoms with Crippen molar-refractivity contribution in [3.63, 3.8) is 0 Å². The van der Waals surface area contributed by atoms with Crippen molar-refractivity contribution in [1.82, 2.24) is 0 Å². The third kappa shape index (κ3) is 3.63. The van der Waals surface area contributed by atoms with Gasteiger partial charge < -0.3 is 9.47 Å². The SMILES string of the molecule is COC1CCC(OC(=O)C=CC2CC2)CC1. The molecule has 3 heteroatoms. The Kier molecular flexibility index (Phi) is 3.99. The lowest BCUT2D eigenvalue weighted by atomic mass is 9.95. The van der Waals surface area contributed by atoms with Gasteiger partial charge in [-0.05, 0) is 44.4 Å². The lowest BCUT2D eigenvalue weighted by molar-refractivity contribution is -0.145. The van der Waals surface area contributed by atoms with Gasteiger partial charge >= 0.3 is 5.97 Å². The van der Waals surface area contributed by atoms with Crippen LogP contribution in [0.3, 0.4) is 0 Å². The first-order valence-corrected chi connectivity index (χ1v) is 6.19. The molecule has 0 aromatic carbocycles. The molecular weight excluding hydrogens is 204 g/mol. The summed E-state index contributed by atoms with van der Waals surface area (Å²) in [5.41, 5.74) is 0. The molecule has 0 aromatic heterocycles. The first kappa shape index (κ1) is 11.6. The Balaban J connectivity index is 1.67. The molecule has 0 heterocycles. The van der Waals surface area contributed by atoms with Crippen molar-refractivity contribution in [3.05, 3.63) is 12.2 Å². The minimum atomic E-state index is -0.173. The van der Waals surface area contributed by atoms with Crippen LogP contribution in [-0.4, -0.2) is 25.3 Å². The van der Waals surface area contributed by atoms with Crippen molar-refractivity contribution >= 4 is 5.97 Å². The molecule has 90 valence electrons. The molecule has 3 nitrogen and oxygen atoms in total. The molecule has 0 atom stereocenters. The van der Waals surface area contributed by atoms with Gasteiger partial charge in [-0.15, -0.1) is 0 Å². The van der Waals surface area contributed by atoms with Gasteiger partial charge in [-0.3, -0.25) is 0 Å². The van der Waals surface area contributed by atoms with Crippen molar-refractivity contribution in [2.24, 2.45) is 5.92 Å². The standard InChI is InChI=1S/C13H20O3/c1-15-11-5-7-12(8-6-11)16-13(14)9-4-10-2-3-10/h4,9-12H,2-3,5-8H2,1H3. The van der Waals surface area contributed by atoms with Crippen LogP contribution in [0.5, 0.6) is 0 Å². The zero-order valence-electron chi connectivity index (χ0n) is 9.85. The number of rotatable bonds is 4. The number of hydrogen-bond donors (Lipinski definition) is 0. The molecule has 0 unspecified atom stereocenters. The second-order valence-corrected chi connectivity index (χ2v) is 4.77. The monoisotopic (exact) mass is 224 g/mol. The lowest BCUT2D eigenvalue weighted by Gasteiger charge is -2.26. The second kappa shape index (κ2) is 5.48. The maximum absolute atomic E-state index is 11.5. The Morgan fingerprint density at radius 2 is 1.69 bits per heavy atom. The highest BCUT2D eigenvalue weighted by Gasteiger charge is 2.23. The van der Waals surface area contributed by atoms with Gasteiger partial charge in [0, 0.05) is 13.2 Å². The van der Waals surface area contributed by atoms with E-state index in [0.717, 1.165) is 25.7 Å². The Hall–Kier alpha value is -0.830. The van der Waals surface area contributed by atoms with Crippen molar-refractivity contribution in [3.8, 4) is 0 Å². The van der Waals surface area contributed by atoms with Gasteiger partial charge in [0.25, 0.3) is 0 Å². The fourth-order valence-corrected chi connectivity index (χ4v) is 2.09. The van der Waals surface area contributed by atoms with Gasteiger partial charge in [-0.2, -0.15) is 0 Å². The molecule has 2 fully saturated rings. The van der Waals surface area contributed by atoms with Gasteiger partial charge in [0.05, 0.1) is 6.10 Å². The van der Waals surface area contributed by atoms with E-state index < -0.39 is 0 Å². The summed E-state index contributed by atoms with van der Waals surface area (Å²) in [6.07, 6.45) is 10.3. The van der Waals surface area contributed by atoms with Crippen LogP contribution in [0.1, 0.15) is 38.5 Å². The van der Waals surface area contributed by atoms with Crippen LogP contribution in [0.2, 0.25) is 0 Å². The van der Waals surface area contributed by atoms with Crippen molar-refractivity contribution in [1.29, 1.82) is 0 Å². The molecule has 0 amide bonds. The average molecular weight is 224 g/mol. The van der Waals surface area contributed by atoms with E-state index in [1.165, 1.54) is 12.8 Å². The quantitative estimate of drug-likeness (QED) is 0.543. The molecule has 0 radical (unpaired) electrons. The summed E-state index contributed by atoms with van der Waals surface area (Å²) in [4.78, 5) is 11.5. The Morgan fingerprint density at radius 1 is 1.06 bits per heavy atom. The van der Waals surface area contributed by atoms with E-state index in [9.17, 15) is 4.79 Å². The molecule has 0 saturated heterocycles. The normalized spacial score (nSPS) is 30.6. The Bertz CT molecular complexity index is 260. The van der Waals surface area contributed by atoms with E-state index in [1.807, 2.05) is 6.08 Å². The first-order valence-electron chi connectivity index (χ1n) is 6.19. The lowest BCUT2D eigenvalue weighted by Crippen LogP contribution is -2.27. The highest BCUT2D eigenvalue weighted by atomic mass is 16.5. The van der Waals surface area contributed by atoms with Crippen LogP contribution >= 0.6 is 0 Å². The molecule has 2 aliphatic rings. The summed E-state index contributed by atoms with van der Waals surface area (Å²) in [6.45, 7) is 0. The number of carbonyl (C=O) groups excluding carboxylic acids is 1. The van der Waals surface area contributed by atoms with Crippen LogP contribution in [0, 0.1) is 5.92 Å². The van der Waals surface area contributed by atoms with Crippen LogP contribution in [0.25, 0.3) is 0 Å². The molecule has 0 bridgehead atoms. The largest absolute Gasteiger partial charge is 0.459 e. The van der Waals surface area contributed by atoms with Crippen LogP contribution in [0.15, 0.2) is 12.2 Å². The third-order valence-electron chi connectivity index (χ3n) is 3.36. The summed E-state index contributed by atoms with van der Waals surface area (Å²) >= 11 is 0. The maximum atomic E-state index is 11.5. The van der Waals surface area contributed by atoms with Crippen molar-refractivity contribution in [2.45, 2.75) is 50.7 Å². The second-order valence-electron chi connectivity index (χ2n) is 4.77. The van der Waals surface area contributed by atoms with E-state index in [1.54, 1.807) is 13.2 Å². The zero-order valence-corrected chi connectivity index (χ0v) is 9.85. The third-order valence-corrected chi connectivity index (χ3v) is 3.36. The summed E-state index contributed by atoms with van der Waals surface area (Å²) < 4.78 is 10.7. The fourth-order valence-electron chi connectivity index (χ4n) is 2.09. The summed E-state index contributed by atoms with van der Waals surface area (Å²) in [5, 5.41) is 0. The minimum absolute atomic E-state index is 0.0998. The van der Waals surface area contributed by atoms with E-state index in [2.05, 4.69) is 0 Å². The predicted molar refractivity (Wildman–Crippen MR) is 61.0 cm³/mol. The van der Waals surface area contributed by atoms with Crippen LogP contribution < -0.4 is 0 Å².